The van der Waals surface area contributed by atoms with E-state index < -0.39 is 29.7 Å². The molecule has 1 unspecified atom stereocenters. The van der Waals surface area contributed by atoms with E-state index in [0.29, 0.717) is 30.9 Å². The molecule has 4 amide bonds. The van der Waals surface area contributed by atoms with Crippen LogP contribution in [0.3, 0.4) is 0 Å². The van der Waals surface area contributed by atoms with Gasteiger partial charge in [-0.05, 0) is 92.4 Å². The third-order valence-electron chi connectivity index (χ3n) is 12.2. The number of carbonyl (C=O) groups excluding carboxylic acids is 4. The van der Waals surface area contributed by atoms with Gasteiger partial charge < -0.3 is 28.6 Å². The fraction of sp³-hybridized carbons (Fsp3) is 0.444. The number of hydrogen-bond donors (Lipinski definition) is 2. The summed E-state index contributed by atoms with van der Waals surface area (Å²) in [4.78, 5) is 81.3. The molecule has 0 saturated carbocycles. The van der Waals surface area contributed by atoms with Gasteiger partial charge in [-0.1, -0.05) is 0 Å². The highest BCUT2D eigenvalue weighted by atomic mass is 16.5. The van der Waals surface area contributed by atoms with Crippen molar-refractivity contribution < 1.29 is 48.0 Å². The van der Waals surface area contributed by atoms with Crippen LogP contribution in [0.15, 0.2) is 59.8 Å². The van der Waals surface area contributed by atoms with Crippen LogP contribution in [-0.2, 0) is 32.7 Å². The molecule has 0 aliphatic carbocycles. The van der Waals surface area contributed by atoms with Crippen LogP contribution >= 0.6 is 0 Å². The lowest BCUT2D eigenvalue weighted by molar-refractivity contribution is -0.136. The molecular formula is C45H52N6O11. The smallest absolute Gasteiger partial charge is 0.290 e. The molecule has 0 bridgehead atoms. The first-order valence-corrected chi connectivity index (χ1v) is 20.8. The summed E-state index contributed by atoms with van der Waals surface area (Å²) >= 11 is 0. The van der Waals surface area contributed by atoms with Gasteiger partial charge in [-0.2, -0.15) is 0 Å². The van der Waals surface area contributed by atoms with Crippen molar-refractivity contribution in [2.75, 3.05) is 60.2 Å². The van der Waals surface area contributed by atoms with Crippen molar-refractivity contribution in [1.29, 1.82) is 0 Å². The Hall–Kier alpha value is -6.17. The van der Waals surface area contributed by atoms with E-state index in [1.807, 2.05) is 24.4 Å². The predicted octanol–water partition coefficient (Wildman–Crippen LogP) is 3.64. The highest BCUT2D eigenvalue weighted by Crippen LogP contribution is 2.39. The lowest BCUT2D eigenvalue weighted by Gasteiger charge is -2.47. The minimum absolute atomic E-state index is 0.0766. The number of amides is 4. The van der Waals surface area contributed by atoms with Crippen LogP contribution in [-0.4, -0.2) is 131 Å². The number of likely N-dealkylation sites (tertiary alicyclic amines) is 1. The molecule has 1 atom stereocenters. The van der Waals surface area contributed by atoms with Gasteiger partial charge >= 0.3 is 0 Å². The van der Waals surface area contributed by atoms with Crippen molar-refractivity contribution in [3.05, 3.63) is 82.0 Å². The van der Waals surface area contributed by atoms with E-state index in [4.69, 9.17) is 28.8 Å². The SMILES string of the molecule is COc1cc(-c2cn(C)c(=O)c3cnccc23)cc(OC)c1CN1CCC2(CC1)CN(CCCCCOc1ccc3c(c1)C(=O)N(C1CCC(=O)NC1=O)C3=O)CCO2.O=CO. The maximum Gasteiger partial charge on any atom is 0.290 e. The van der Waals surface area contributed by atoms with Crippen LogP contribution in [0.5, 0.6) is 17.2 Å². The molecule has 2 aromatic carbocycles. The molecule has 4 aliphatic heterocycles. The molecule has 4 aliphatic rings. The van der Waals surface area contributed by atoms with Crippen LogP contribution in [0.25, 0.3) is 21.9 Å². The average molecular weight is 853 g/mol. The second-order valence-corrected chi connectivity index (χ2v) is 16.0. The minimum atomic E-state index is -0.996. The van der Waals surface area contributed by atoms with Crippen LogP contribution in [0.1, 0.15) is 71.2 Å². The van der Waals surface area contributed by atoms with E-state index in [1.165, 1.54) is 0 Å². The number of benzene rings is 2. The molecule has 62 heavy (non-hydrogen) atoms. The van der Waals surface area contributed by atoms with Crippen molar-refractivity contribution in [3.63, 3.8) is 0 Å². The van der Waals surface area contributed by atoms with Gasteiger partial charge in [0.1, 0.15) is 23.3 Å². The van der Waals surface area contributed by atoms with Gasteiger partial charge in [0.2, 0.25) is 11.8 Å². The Morgan fingerprint density at radius 2 is 1.63 bits per heavy atom. The molecule has 3 saturated heterocycles. The molecular weight excluding hydrogens is 801 g/mol. The first-order valence-electron chi connectivity index (χ1n) is 20.8. The van der Waals surface area contributed by atoms with Gasteiger partial charge in [0.05, 0.1) is 55.1 Å². The molecule has 1 spiro atoms. The third-order valence-corrected chi connectivity index (χ3v) is 12.2. The number of methoxy groups -OCH3 is 2. The predicted molar refractivity (Wildman–Crippen MR) is 226 cm³/mol. The number of morpholine rings is 1. The molecule has 0 radical (unpaired) electrons. The minimum Gasteiger partial charge on any atom is -0.496 e. The van der Waals surface area contributed by atoms with Crippen LogP contribution in [0.4, 0.5) is 0 Å². The molecule has 2 N–H and O–H groups in total. The number of unbranched alkanes of at least 4 members (excludes halogenated alkanes) is 2. The average Bonchev–Trinajstić information content (AvgIpc) is 3.52. The highest BCUT2D eigenvalue weighted by molar-refractivity contribution is 6.23. The van der Waals surface area contributed by atoms with E-state index in [0.717, 1.165) is 103 Å². The van der Waals surface area contributed by atoms with E-state index in [-0.39, 0.29) is 41.6 Å². The number of fused-ring (bicyclic) bond motifs is 2. The summed E-state index contributed by atoms with van der Waals surface area (Å²) in [6, 6.07) is 9.73. The molecule has 17 heteroatoms. The van der Waals surface area contributed by atoms with Crippen molar-refractivity contribution in [1.82, 2.24) is 29.6 Å². The summed E-state index contributed by atoms with van der Waals surface area (Å²) in [6.45, 7) is 6.16. The Labute approximate surface area is 358 Å². The first-order chi connectivity index (χ1) is 30.0. The quantitative estimate of drug-likeness (QED) is 0.112. The number of ether oxygens (including phenoxy) is 4. The number of carbonyl (C=O) groups is 5. The molecule has 6 heterocycles. The molecule has 3 fully saturated rings. The van der Waals surface area contributed by atoms with Crippen molar-refractivity contribution in [2.24, 2.45) is 7.05 Å². The second-order valence-electron chi connectivity index (χ2n) is 16.0. The number of pyridine rings is 2. The summed E-state index contributed by atoms with van der Waals surface area (Å²) in [5.74, 6) is -0.141. The van der Waals surface area contributed by atoms with Crippen molar-refractivity contribution in [3.8, 4) is 28.4 Å². The molecule has 17 nitrogen and oxygen atoms in total. The van der Waals surface area contributed by atoms with Gasteiger partial charge in [-0.3, -0.25) is 53.8 Å². The van der Waals surface area contributed by atoms with Gasteiger partial charge in [0.15, 0.2) is 0 Å². The summed E-state index contributed by atoms with van der Waals surface area (Å²) in [6.07, 6.45) is 10.0. The maximum absolute atomic E-state index is 13.1. The zero-order valence-electron chi connectivity index (χ0n) is 35.2. The summed E-state index contributed by atoms with van der Waals surface area (Å²) in [5, 5.41) is 10.5. The number of aryl methyl sites for hydroxylation is 1. The third kappa shape index (κ3) is 9.19. The fourth-order valence-corrected chi connectivity index (χ4v) is 8.94. The number of rotatable bonds is 13. The zero-order valence-corrected chi connectivity index (χ0v) is 35.2. The van der Waals surface area contributed by atoms with E-state index in [2.05, 4.69) is 20.1 Å². The Balaban J connectivity index is 0.00000187. The van der Waals surface area contributed by atoms with Crippen LogP contribution in [0, 0.1) is 0 Å². The molecule has 328 valence electrons. The zero-order chi connectivity index (χ0) is 44.0. The molecule has 4 aromatic rings. The van der Waals surface area contributed by atoms with Crippen LogP contribution in [0.2, 0.25) is 0 Å². The van der Waals surface area contributed by atoms with Gasteiger partial charge in [-0.15, -0.1) is 0 Å². The topological polar surface area (TPSA) is 199 Å². The normalized spacial score (nSPS) is 18.9. The van der Waals surface area contributed by atoms with Crippen molar-refractivity contribution in [2.45, 2.75) is 63.1 Å². The standard InChI is InChI=1S/C44H50N6O9.CH2O2/c1-47-25-34(30-11-14-45-24-33(30)41(47)53)28-21-37(56-2)35(38(22-28)57-3)26-48-16-12-44(13-17-48)27-49(18-20-59-44)15-5-4-6-19-58-29-7-8-31-32(23-29)43(55)50(42(31)54)36-9-10-39(51)46-40(36)52;2-1-3/h7-8,11,14,21-25,36H,4-6,9-10,12-13,15-20,26-27H2,1-3H3,(H,46,51,52);1H,(H,2,3). The number of aromatic nitrogens is 2. The second kappa shape index (κ2) is 19.3. The number of imide groups is 2. The maximum atomic E-state index is 13.1. The number of nitrogens with one attached hydrogen (secondary N) is 1. The summed E-state index contributed by atoms with van der Waals surface area (Å²) in [5.41, 5.74) is 2.96. The Bertz CT molecular complexity index is 2380. The first kappa shape index (κ1) is 43.9. The largest absolute Gasteiger partial charge is 0.496 e. The van der Waals surface area contributed by atoms with Crippen molar-refractivity contribution >= 4 is 40.9 Å². The Morgan fingerprint density at radius 3 is 2.34 bits per heavy atom. The highest BCUT2D eigenvalue weighted by Gasteiger charge is 2.45. The van der Waals surface area contributed by atoms with E-state index in [9.17, 15) is 24.0 Å². The summed E-state index contributed by atoms with van der Waals surface area (Å²) < 4.78 is 25.9. The lowest BCUT2D eigenvalue weighted by atomic mass is 9.89. The Kier molecular flexibility index (Phi) is 13.6. The molecule has 2 aromatic heterocycles. The van der Waals surface area contributed by atoms with Gasteiger partial charge in [-0.25, -0.2) is 0 Å². The number of hydrogen-bond acceptors (Lipinski definition) is 13. The lowest BCUT2D eigenvalue weighted by Crippen LogP contribution is -2.56. The summed E-state index contributed by atoms with van der Waals surface area (Å²) in [7, 11) is 5.10. The number of piperidine rings is 2. The van der Waals surface area contributed by atoms with E-state index >= 15 is 0 Å². The van der Waals surface area contributed by atoms with Gasteiger partial charge in [0.25, 0.3) is 23.8 Å². The van der Waals surface area contributed by atoms with Crippen LogP contribution < -0.4 is 25.1 Å². The molecule has 8 rings (SSSR count). The number of nitrogens with zero attached hydrogens (tertiary/aromatic N) is 5. The fourth-order valence-electron chi connectivity index (χ4n) is 8.94. The monoisotopic (exact) mass is 852 g/mol. The van der Waals surface area contributed by atoms with E-state index in [1.54, 1.807) is 56.4 Å². The number of carboxylic acid groups (broad SMARTS) is 1. The van der Waals surface area contributed by atoms with Gasteiger partial charge in [0, 0.05) is 70.3 Å². The Morgan fingerprint density at radius 1 is 0.903 bits per heavy atom.